The molecule has 0 radical (unpaired) electrons. The maximum absolute atomic E-state index is 11.7. The van der Waals surface area contributed by atoms with E-state index in [0.717, 1.165) is 19.3 Å². The fourth-order valence-corrected chi connectivity index (χ4v) is 4.88. The Morgan fingerprint density at radius 2 is 2.00 bits per heavy atom. The van der Waals surface area contributed by atoms with Crippen molar-refractivity contribution in [3.63, 3.8) is 0 Å². The van der Waals surface area contributed by atoms with Crippen LogP contribution in [0, 0.1) is 11.3 Å². The van der Waals surface area contributed by atoms with Crippen LogP contribution in [0.5, 0.6) is 0 Å². The Morgan fingerprint density at radius 1 is 1.35 bits per heavy atom. The summed E-state index contributed by atoms with van der Waals surface area (Å²) in [4.78, 5) is 0. The third-order valence-corrected chi connectivity index (χ3v) is 6.58. The fourth-order valence-electron chi connectivity index (χ4n) is 3.94. The van der Waals surface area contributed by atoms with Crippen molar-refractivity contribution in [3.8, 4) is 0 Å². The van der Waals surface area contributed by atoms with Gasteiger partial charge in [0.2, 0.25) is 10.0 Å². The molecule has 6 heteroatoms. The standard InChI is InChI=1S/C14H29N3O2S/c1-14(7-3-4-8-14)13(16-15)10-12-6-5-9-17(11-12)20(2,18)19/h12-13,16H,3-11,15H2,1-2H3. The van der Waals surface area contributed by atoms with Gasteiger partial charge < -0.3 is 0 Å². The number of hydrazine groups is 1. The van der Waals surface area contributed by atoms with Gasteiger partial charge in [-0.2, -0.15) is 0 Å². The largest absolute Gasteiger partial charge is 0.271 e. The highest BCUT2D eigenvalue weighted by Crippen LogP contribution is 2.42. The van der Waals surface area contributed by atoms with Crippen LogP contribution < -0.4 is 11.3 Å². The summed E-state index contributed by atoms with van der Waals surface area (Å²) in [6.07, 6.45) is 9.40. The molecule has 0 aromatic heterocycles. The van der Waals surface area contributed by atoms with Crippen LogP contribution in [0.25, 0.3) is 0 Å². The zero-order valence-corrected chi connectivity index (χ0v) is 13.6. The Bertz CT molecular complexity index is 418. The predicted molar refractivity (Wildman–Crippen MR) is 81.4 cm³/mol. The number of hydrogen-bond acceptors (Lipinski definition) is 4. The van der Waals surface area contributed by atoms with Gasteiger partial charge in [-0.1, -0.05) is 19.8 Å². The number of nitrogens with two attached hydrogens (primary N) is 1. The second-order valence-corrected chi connectivity index (χ2v) is 8.93. The van der Waals surface area contributed by atoms with E-state index in [1.165, 1.54) is 31.9 Å². The highest BCUT2D eigenvalue weighted by molar-refractivity contribution is 7.88. The van der Waals surface area contributed by atoms with E-state index in [0.29, 0.717) is 25.0 Å². The van der Waals surface area contributed by atoms with E-state index in [-0.39, 0.29) is 5.41 Å². The smallest absolute Gasteiger partial charge is 0.211 e. The summed E-state index contributed by atoms with van der Waals surface area (Å²) >= 11 is 0. The van der Waals surface area contributed by atoms with Gasteiger partial charge in [0.15, 0.2) is 0 Å². The first-order valence-electron chi connectivity index (χ1n) is 7.76. The van der Waals surface area contributed by atoms with Gasteiger partial charge in [0.25, 0.3) is 0 Å². The highest BCUT2D eigenvalue weighted by atomic mass is 32.2. The van der Waals surface area contributed by atoms with Gasteiger partial charge in [-0.25, -0.2) is 12.7 Å². The maximum atomic E-state index is 11.7. The summed E-state index contributed by atoms with van der Waals surface area (Å²) in [7, 11) is -3.05. The number of piperidine rings is 1. The zero-order chi connectivity index (χ0) is 14.8. The van der Waals surface area contributed by atoms with Crippen molar-refractivity contribution < 1.29 is 8.42 Å². The van der Waals surface area contributed by atoms with Crippen LogP contribution in [-0.2, 0) is 10.0 Å². The lowest BCUT2D eigenvalue weighted by Crippen LogP contribution is -2.49. The van der Waals surface area contributed by atoms with E-state index in [2.05, 4.69) is 12.3 Å². The molecule has 2 aliphatic rings. The van der Waals surface area contributed by atoms with E-state index < -0.39 is 10.0 Å². The van der Waals surface area contributed by atoms with Crippen molar-refractivity contribution in [2.75, 3.05) is 19.3 Å². The molecule has 1 saturated carbocycles. The minimum Gasteiger partial charge on any atom is -0.271 e. The molecular weight excluding hydrogens is 274 g/mol. The van der Waals surface area contributed by atoms with Gasteiger partial charge >= 0.3 is 0 Å². The minimum atomic E-state index is -3.05. The Labute approximate surface area is 123 Å². The molecule has 0 spiro atoms. The van der Waals surface area contributed by atoms with E-state index in [1.807, 2.05) is 0 Å². The number of sulfonamides is 1. The van der Waals surface area contributed by atoms with E-state index >= 15 is 0 Å². The van der Waals surface area contributed by atoms with E-state index in [1.54, 1.807) is 4.31 Å². The molecule has 5 nitrogen and oxygen atoms in total. The van der Waals surface area contributed by atoms with Crippen LogP contribution in [0.2, 0.25) is 0 Å². The molecule has 2 atom stereocenters. The van der Waals surface area contributed by atoms with Crippen LogP contribution >= 0.6 is 0 Å². The normalized spacial score (nSPS) is 29.4. The molecular formula is C14H29N3O2S. The van der Waals surface area contributed by atoms with Gasteiger partial charge in [-0.05, 0) is 43.4 Å². The summed E-state index contributed by atoms with van der Waals surface area (Å²) in [6, 6.07) is 0.300. The molecule has 1 aliphatic heterocycles. The van der Waals surface area contributed by atoms with Crippen LogP contribution in [-0.4, -0.2) is 38.1 Å². The summed E-state index contributed by atoms with van der Waals surface area (Å²) in [6.45, 7) is 3.65. The average molecular weight is 303 g/mol. The molecule has 1 saturated heterocycles. The summed E-state index contributed by atoms with van der Waals surface area (Å²) < 4.78 is 25.0. The first kappa shape index (κ1) is 16.2. The third-order valence-electron chi connectivity index (χ3n) is 5.31. The average Bonchev–Trinajstić information content (AvgIpc) is 2.83. The number of nitrogens with zero attached hydrogens (tertiary/aromatic N) is 1. The van der Waals surface area contributed by atoms with Crippen molar-refractivity contribution >= 4 is 10.0 Å². The minimum absolute atomic E-state index is 0.280. The monoisotopic (exact) mass is 303 g/mol. The molecule has 0 aromatic carbocycles. The molecule has 118 valence electrons. The molecule has 1 heterocycles. The predicted octanol–water partition coefficient (Wildman–Crippen LogP) is 1.46. The molecule has 0 bridgehead atoms. The second kappa shape index (κ2) is 6.30. The number of hydrogen-bond donors (Lipinski definition) is 2. The fraction of sp³-hybridized carbons (Fsp3) is 1.00. The Balaban J connectivity index is 1.97. The van der Waals surface area contributed by atoms with Crippen molar-refractivity contribution in [2.45, 2.75) is 57.9 Å². The topological polar surface area (TPSA) is 75.4 Å². The van der Waals surface area contributed by atoms with Crippen LogP contribution in [0.3, 0.4) is 0 Å². The molecule has 1 aliphatic carbocycles. The molecule has 0 amide bonds. The van der Waals surface area contributed by atoms with Gasteiger partial charge in [0.05, 0.1) is 6.26 Å². The first-order valence-corrected chi connectivity index (χ1v) is 9.61. The van der Waals surface area contributed by atoms with Crippen molar-refractivity contribution in [1.82, 2.24) is 9.73 Å². The second-order valence-electron chi connectivity index (χ2n) is 6.95. The van der Waals surface area contributed by atoms with E-state index in [4.69, 9.17) is 5.84 Å². The molecule has 2 fully saturated rings. The van der Waals surface area contributed by atoms with Crippen LogP contribution in [0.4, 0.5) is 0 Å². The number of nitrogens with one attached hydrogen (secondary N) is 1. The lowest BCUT2D eigenvalue weighted by atomic mass is 9.76. The van der Waals surface area contributed by atoms with Gasteiger partial charge in [0.1, 0.15) is 0 Å². The van der Waals surface area contributed by atoms with Crippen LogP contribution in [0.15, 0.2) is 0 Å². The lowest BCUT2D eigenvalue weighted by molar-refractivity contribution is 0.160. The van der Waals surface area contributed by atoms with Crippen molar-refractivity contribution in [3.05, 3.63) is 0 Å². The highest BCUT2D eigenvalue weighted by Gasteiger charge is 2.38. The van der Waals surface area contributed by atoms with Gasteiger partial charge in [0, 0.05) is 19.1 Å². The molecule has 2 unspecified atom stereocenters. The Hall–Kier alpha value is -0.170. The first-order chi connectivity index (χ1) is 9.35. The number of rotatable bonds is 5. The van der Waals surface area contributed by atoms with Crippen molar-refractivity contribution in [1.29, 1.82) is 0 Å². The molecule has 2 rings (SSSR count). The Kier molecular flexibility index (Phi) is 5.10. The molecule has 20 heavy (non-hydrogen) atoms. The molecule has 3 N–H and O–H groups in total. The van der Waals surface area contributed by atoms with E-state index in [9.17, 15) is 8.42 Å². The van der Waals surface area contributed by atoms with Gasteiger partial charge in [-0.3, -0.25) is 11.3 Å². The Morgan fingerprint density at radius 3 is 2.55 bits per heavy atom. The van der Waals surface area contributed by atoms with Gasteiger partial charge in [-0.15, -0.1) is 0 Å². The summed E-state index contributed by atoms with van der Waals surface area (Å²) in [5.74, 6) is 6.22. The van der Waals surface area contributed by atoms with Crippen LogP contribution in [0.1, 0.15) is 51.9 Å². The zero-order valence-electron chi connectivity index (χ0n) is 12.8. The summed E-state index contributed by atoms with van der Waals surface area (Å²) in [5, 5.41) is 0. The SMILES string of the molecule is CC1(C(CC2CCCN(S(C)(=O)=O)C2)NN)CCCC1. The quantitative estimate of drug-likeness (QED) is 0.595. The molecule has 0 aromatic rings. The summed E-state index contributed by atoms with van der Waals surface area (Å²) in [5.41, 5.74) is 3.30. The lowest BCUT2D eigenvalue weighted by Gasteiger charge is -2.38. The third kappa shape index (κ3) is 3.72. The maximum Gasteiger partial charge on any atom is 0.211 e. The van der Waals surface area contributed by atoms with Crippen molar-refractivity contribution in [2.24, 2.45) is 17.2 Å².